The number of rotatable bonds is 2. The van der Waals surface area contributed by atoms with Crippen molar-refractivity contribution in [3.63, 3.8) is 0 Å². The van der Waals surface area contributed by atoms with Crippen LogP contribution in [0, 0.1) is 6.92 Å². The zero-order chi connectivity index (χ0) is 8.57. The Labute approximate surface area is 103 Å². The summed E-state index contributed by atoms with van der Waals surface area (Å²) in [4.78, 5) is 1.72. The zero-order valence-corrected chi connectivity index (χ0v) is 9.59. The molecule has 0 aromatic heterocycles. The fourth-order valence-electron chi connectivity index (χ4n) is 0. The van der Waals surface area contributed by atoms with Crippen LogP contribution >= 0.6 is 0 Å². The Hall–Kier alpha value is 1.11. The molecule has 2 nitrogen and oxygen atoms in total. The first-order valence-corrected chi connectivity index (χ1v) is 3.70. The monoisotopic (exact) mass is 161 g/mol. The maximum Gasteiger partial charge on any atom is 1.00 e. The van der Waals surface area contributed by atoms with E-state index in [2.05, 4.69) is 13.8 Å². The number of aliphatic hydroxyl groups is 1. The van der Waals surface area contributed by atoms with Crippen LogP contribution in [0.25, 0.3) is 0 Å². The van der Waals surface area contributed by atoms with E-state index in [4.69, 9.17) is 5.11 Å². The van der Waals surface area contributed by atoms with Gasteiger partial charge in [0.25, 0.3) is 0 Å². The normalized spacial score (nSPS) is 10.2. The SMILES string of the molecule is CC(O)N(C)C.[CH2-]CCC.[H-].[Li+].[Li+]. The van der Waals surface area contributed by atoms with Gasteiger partial charge >= 0.3 is 37.7 Å². The Kier molecular flexibility index (Phi) is 34.8. The van der Waals surface area contributed by atoms with E-state index in [-0.39, 0.29) is 45.4 Å². The topological polar surface area (TPSA) is 23.5 Å². The molecular formula is C8H21Li2NO. The third-order valence-corrected chi connectivity index (χ3v) is 1.10. The van der Waals surface area contributed by atoms with Gasteiger partial charge in [0.05, 0.1) is 0 Å². The van der Waals surface area contributed by atoms with Gasteiger partial charge in [0, 0.05) is 0 Å². The molecule has 66 valence electrons. The third kappa shape index (κ3) is 30.4. The Morgan fingerprint density at radius 2 is 1.58 bits per heavy atom. The summed E-state index contributed by atoms with van der Waals surface area (Å²) in [5, 5.41) is 8.56. The maximum atomic E-state index is 8.56. The van der Waals surface area contributed by atoms with E-state index in [1.807, 2.05) is 14.1 Å². The fraction of sp³-hybridized carbons (Fsp3) is 0.875. The molecule has 0 fully saturated rings. The molecule has 0 heterocycles. The molecule has 4 heteroatoms. The van der Waals surface area contributed by atoms with Crippen molar-refractivity contribution < 1.29 is 44.3 Å². The van der Waals surface area contributed by atoms with E-state index in [0.717, 1.165) is 6.42 Å². The van der Waals surface area contributed by atoms with E-state index in [0.29, 0.717) is 0 Å². The number of unbranched alkanes of at least 4 members (excludes halogenated alkanes) is 1. The number of hydrogen-bond donors (Lipinski definition) is 1. The summed E-state index contributed by atoms with van der Waals surface area (Å²) in [7, 11) is 3.65. The van der Waals surface area contributed by atoms with Gasteiger partial charge in [0.15, 0.2) is 0 Å². The summed E-state index contributed by atoms with van der Waals surface area (Å²) < 4.78 is 0. The quantitative estimate of drug-likeness (QED) is 0.251. The number of aliphatic hydroxyl groups excluding tert-OH is 1. The Morgan fingerprint density at radius 1 is 1.42 bits per heavy atom. The molecule has 0 radical (unpaired) electrons. The second-order valence-corrected chi connectivity index (χ2v) is 2.45. The average molecular weight is 161 g/mol. The second-order valence-electron chi connectivity index (χ2n) is 2.45. The minimum absolute atomic E-state index is 0. The van der Waals surface area contributed by atoms with E-state index in [9.17, 15) is 0 Å². The number of nitrogens with zero attached hydrogens (tertiary/aromatic N) is 1. The standard InChI is InChI=1S/C4H11NO.C4H9.2Li.H/c1-4(6)5(2)3;1-3-4-2;;;/h4,6H,1-3H3;1,3-4H2,2H3;;;/q;-1;2*+1;-1. The van der Waals surface area contributed by atoms with Gasteiger partial charge in [-0.05, 0) is 21.0 Å². The fourth-order valence-corrected chi connectivity index (χ4v) is 0. The van der Waals surface area contributed by atoms with Crippen molar-refractivity contribution >= 4 is 0 Å². The molecule has 0 aliphatic rings. The molecule has 1 atom stereocenters. The molecule has 0 aliphatic heterocycles. The van der Waals surface area contributed by atoms with Crippen molar-refractivity contribution in [2.24, 2.45) is 0 Å². The van der Waals surface area contributed by atoms with Crippen LogP contribution in [-0.2, 0) is 0 Å². The Balaban J connectivity index is -0.0000000279. The molecule has 0 aliphatic carbocycles. The summed E-state index contributed by atoms with van der Waals surface area (Å²) >= 11 is 0. The molecule has 0 amide bonds. The Bertz CT molecular complexity index is 58.1. The minimum Gasteiger partial charge on any atom is -1.00 e. The molecule has 12 heavy (non-hydrogen) atoms. The van der Waals surface area contributed by atoms with E-state index in [1.54, 1.807) is 11.8 Å². The molecule has 0 saturated heterocycles. The van der Waals surface area contributed by atoms with Gasteiger partial charge in [-0.25, -0.2) is 0 Å². The van der Waals surface area contributed by atoms with Gasteiger partial charge in [0.2, 0.25) is 0 Å². The van der Waals surface area contributed by atoms with Crippen LogP contribution < -0.4 is 37.7 Å². The van der Waals surface area contributed by atoms with Gasteiger partial charge in [-0.1, -0.05) is 13.3 Å². The van der Waals surface area contributed by atoms with Gasteiger partial charge in [-0.3, -0.25) is 4.90 Å². The summed E-state index contributed by atoms with van der Waals surface area (Å²) in [6, 6.07) is 0. The molecular weight excluding hydrogens is 140 g/mol. The van der Waals surface area contributed by atoms with Crippen LogP contribution in [0.2, 0.25) is 0 Å². The van der Waals surface area contributed by atoms with Gasteiger partial charge in [0.1, 0.15) is 6.23 Å². The molecule has 0 bridgehead atoms. The third-order valence-electron chi connectivity index (χ3n) is 1.10. The van der Waals surface area contributed by atoms with Crippen LogP contribution in [0.1, 0.15) is 28.1 Å². The van der Waals surface area contributed by atoms with Crippen molar-refractivity contribution in [1.29, 1.82) is 0 Å². The van der Waals surface area contributed by atoms with Crippen molar-refractivity contribution in [2.75, 3.05) is 14.1 Å². The largest absolute Gasteiger partial charge is 1.00 e. The smallest absolute Gasteiger partial charge is 1.00 e. The predicted octanol–water partition coefficient (Wildman–Crippen LogP) is -4.37. The maximum absolute atomic E-state index is 8.56. The summed E-state index contributed by atoms with van der Waals surface area (Å²) in [5.74, 6) is 0. The first-order chi connectivity index (χ1) is 4.56. The summed E-state index contributed by atoms with van der Waals surface area (Å²) in [5.41, 5.74) is 0. The first kappa shape index (κ1) is 23.2. The van der Waals surface area contributed by atoms with Crippen LogP contribution in [0.4, 0.5) is 0 Å². The van der Waals surface area contributed by atoms with E-state index >= 15 is 0 Å². The molecule has 1 unspecified atom stereocenters. The minimum atomic E-state index is -0.315. The van der Waals surface area contributed by atoms with E-state index in [1.165, 1.54) is 6.42 Å². The number of hydrogen-bond acceptors (Lipinski definition) is 2. The van der Waals surface area contributed by atoms with Crippen molar-refractivity contribution in [1.82, 2.24) is 4.90 Å². The Morgan fingerprint density at radius 3 is 1.58 bits per heavy atom. The van der Waals surface area contributed by atoms with Gasteiger partial charge in [-0.2, -0.15) is 6.42 Å². The van der Waals surface area contributed by atoms with E-state index < -0.39 is 0 Å². The summed E-state index contributed by atoms with van der Waals surface area (Å²) in [6.07, 6.45) is 1.96. The molecule has 0 spiro atoms. The van der Waals surface area contributed by atoms with Crippen molar-refractivity contribution in [3.05, 3.63) is 6.92 Å². The average Bonchev–Trinajstić information content (AvgIpc) is 1.89. The molecule has 0 saturated carbocycles. The van der Waals surface area contributed by atoms with Crippen molar-refractivity contribution in [2.45, 2.75) is 32.9 Å². The zero-order valence-electron chi connectivity index (χ0n) is 10.6. The molecule has 0 rings (SSSR count). The van der Waals surface area contributed by atoms with Crippen LogP contribution in [0.15, 0.2) is 0 Å². The van der Waals surface area contributed by atoms with Crippen LogP contribution in [-0.4, -0.2) is 30.3 Å². The summed E-state index contributed by atoms with van der Waals surface area (Å²) in [6.45, 7) is 7.44. The predicted molar refractivity (Wildman–Crippen MR) is 46.7 cm³/mol. The molecule has 0 aromatic carbocycles. The molecule has 1 N–H and O–H groups in total. The molecule has 0 aromatic rings. The van der Waals surface area contributed by atoms with Crippen molar-refractivity contribution in [3.8, 4) is 0 Å². The first-order valence-electron chi connectivity index (χ1n) is 3.70. The second kappa shape index (κ2) is 18.0. The van der Waals surface area contributed by atoms with Gasteiger partial charge < -0.3 is 13.5 Å². The van der Waals surface area contributed by atoms with Gasteiger partial charge in [-0.15, -0.1) is 0 Å². The van der Waals surface area contributed by atoms with Crippen LogP contribution in [0.5, 0.6) is 0 Å². The van der Waals surface area contributed by atoms with Crippen LogP contribution in [0.3, 0.4) is 0 Å².